The molecule has 1 aliphatic rings. The van der Waals surface area contributed by atoms with E-state index in [1.165, 1.54) is 0 Å². The Morgan fingerprint density at radius 1 is 1.33 bits per heavy atom. The van der Waals surface area contributed by atoms with Gasteiger partial charge in [0.15, 0.2) is 0 Å². The molecule has 1 saturated heterocycles. The molecule has 2 N–H and O–H groups in total. The van der Waals surface area contributed by atoms with Crippen molar-refractivity contribution in [1.29, 1.82) is 5.26 Å². The second kappa shape index (κ2) is 6.12. The smallest absolute Gasteiger partial charge is 0.313 e. The summed E-state index contributed by atoms with van der Waals surface area (Å²) in [6.07, 6.45) is 0.861. The van der Waals surface area contributed by atoms with Gasteiger partial charge in [-0.1, -0.05) is 12.1 Å². The number of nitrogens with one attached hydrogen (secondary N) is 2. The summed E-state index contributed by atoms with van der Waals surface area (Å²) in [4.78, 5) is 17.0. The normalized spacial score (nSPS) is 19.7. The van der Waals surface area contributed by atoms with Gasteiger partial charge in [0.2, 0.25) is 0 Å². The molecule has 2 aromatic rings. The number of hydrogen-bond donors (Lipinski definition) is 2. The second-order valence-corrected chi connectivity index (χ2v) is 5.34. The number of benzene rings is 1. The largest absolute Gasteiger partial charge is 0.326 e. The fraction of sp³-hybridized carbons (Fsp3) is 0.467. The van der Waals surface area contributed by atoms with E-state index in [1.54, 1.807) is 4.57 Å². The van der Waals surface area contributed by atoms with Crippen LogP contribution in [0.15, 0.2) is 29.1 Å². The van der Waals surface area contributed by atoms with Gasteiger partial charge in [0, 0.05) is 32.7 Å². The molecule has 6 heteroatoms. The zero-order valence-electron chi connectivity index (χ0n) is 11.9. The summed E-state index contributed by atoms with van der Waals surface area (Å²) in [5.41, 5.74) is 1.76. The van der Waals surface area contributed by atoms with E-state index in [1.807, 2.05) is 24.3 Å². The molecule has 0 amide bonds. The summed E-state index contributed by atoms with van der Waals surface area (Å²) in [5.74, 6) is 0. The summed E-state index contributed by atoms with van der Waals surface area (Å²) in [7, 11) is 0. The first-order chi connectivity index (χ1) is 10.3. The lowest BCUT2D eigenvalue weighted by molar-refractivity contribution is 0.192. The molecular formula is C15H19N5O. The van der Waals surface area contributed by atoms with E-state index in [9.17, 15) is 4.79 Å². The Morgan fingerprint density at radius 2 is 2.19 bits per heavy atom. The van der Waals surface area contributed by atoms with E-state index in [0.29, 0.717) is 6.54 Å². The SMILES string of the molecule is N#CC1CNCCN1CCCn1c(=O)[nH]c2ccccc21. The lowest BCUT2D eigenvalue weighted by Crippen LogP contribution is -2.50. The molecule has 2 heterocycles. The molecule has 1 fully saturated rings. The summed E-state index contributed by atoms with van der Waals surface area (Å²) < 4.78 is 1.78. The van der Waals surface area contributed by atoms with Gasteiger partial charge in [-0.15, -0.1) is 0 Å². The molecule has 21 heavy (non-hydrogen) atoms. The average Bonchev–Trinajstić information content (AvgIpc) is 2.84. The number of imidazole rings is 1. The number of aromatic amines is 1. The Bertz CT molecular complexity index is 711. The first-order valence-corrected chi connectivity index (χ1v) is 7.31. The van der Waals surface area contributed by atoms with E-state index in [-0.39, 0.29) is 11.7 Å². The number of para-hydroxylation sites is 2. The number of aromatic nitrogens is 2. The molecule has 6 nitrogen and oxygen atoms in total. The van der Waals surface area contributed by atoms with Gasteiger partial charge in [0.25, 0.3) is 0 Å². The molecule has 0 aliphatic carbocycles. The lowest BCUT2D eigenvalue weighted by atomic mass is 10.2. The highest BCUT2D eigenvalue weighted by atomic mass is 16.1. The molecule has 1 aromatic heterocycles. The van der Waals surface area contributed by atoms with E-state index < -0.39 is 0 Å². The summed E-state index contributed by atoms with van der Waals surface area (Å²) in [6.45, 7) is 4.05. The fourth-order valence-electron chi connectivity index (χ4n) is 2.90. The van der Waals surface area contributed by atoms with Crippen molar-refractivity contribution >= 4 is 11.0 Å². The highest BCUT2D eigenvalue weighted by Gasteiger charge is 2.20. The van der Waals surface area contributed by atoms with Gasteiger partial charge in [0.1, 0.15) is 6.04 Å². The van der Waals surface area contributed by atoms with Crippen LogP contribution in [0, 0.1) is 11.3 Å². The summed E-state index contributed by atoms with van der Waals surface area (Å²) in [6, 6.07) is 9.99. The summed E-state index contributed by atoms with van der Waals surface area (Å²) >= 11 is 0. The molecule has 110 valence electrons. The number of nitriles is 1. The predicted molar refractivity (Wildman–Crippen MR) is 81.0 cm³/mol. The third-order valence-corrected chi connectivity index (χ3v) is 4.01. The van der Waals surface area contributed by atoms with Crippen LogP contribution in [0.2, 0.25) is 0 Å². The minimum atomic E-state index is -0.0617. The Balaban J connectivity index is 1.66. The predicted octanol–water partition coefficient (Wildman–Crippen LogP) is 0.517. The molecule has 0 saturated carbocycles. The van der Waals surface area contributed by atoms with Crippen LogP contribution in [0.25, 0.3) is 11.0 Å². The van der Waals surface area contributed by atoms with E-state index in [4.69, 9.17) is 5.26 Å². The highest BCUT2D eigenvalue weighted by molar-refractivity contribution is 5.74. The average molecular weight is 285 g/mol. The maximum absolute atomic E-state index is 12.0. The molecule has 1 atom stereocenters. The van der Waals surface area contributed by atoms with Gasteiger partial charge in [0.05, 0.1) is 17.1 Å². The van der Waals surface area contributed by atoms with Crippen molar-refractivity contribution in [2.45, 2.75) is 19.0 Å². The van der Waals surface area contributed by atoms with Crippen LogP contribution >= 0.6 is 0 Å². The third-order valence-electron chi connectivity index (χ3n) is 4.01. The topological polar surface area (TPSA) is 76.8 Å². The Morgan fingerprint density at radius 3 is 3.05 bits per heavy atom. The van der Waals surface area contributed by atoms with Gasteiger partial charge in [-0.2, -0.15) is 5.26 Å². The number of fused-ring (bicyclic) bond motifs is 1. The van der Waals surface area contributed by atoms with Gasteiger partial charge in [-0.3, -0.25) is 9.47 Å². The minimum Gasteiger partial charge on any atom is -0.313 e. The first kappa shape index (κ1) is 13.9. The van der Waals surface area contributed by atoms with Crippen molar-refractivity contribution in [3.8, 4) is 6.07 Å². The molecule has 1 unspecified atom stereocenters. The van der Waals surface area contributed by atoms with Crippen LogP contribution in [0.3, 0.4) is 0 Å². The highest BCUT2D eigenvalue weighted by Crippen LogP contribution is 2.10. The number of piperazine rings is 1. The monoisotopic (exact) mass is 285 g/mol. The third kappa shape index (κ3) is 2.84. The van der Waals surface area contributed by atoms with Gasteiger partial charge in [-0.05, 0) is 18.6 Å². The molecule has 3 rings (SSSR count). The zero-order valence-corrected chi connectivity index (χ0v) is 11.9. The fourth-order valence-corrected chi connectivity index (χ4v) is 2.90. The van der Waals surface area contributed by atoms with Gasteiger partial charge < -0.3 is 10.3 Å². The minimum absolute atomic E-state index is 0.0570. The molecule has 1 aromatic carbocycles. The molecule has 0 radical (unpaired) electrons. The maximum Gasteiger partial charge on any atom is 0.326 e. The molecule has 0 bridgehead atoms. The quantitative estimate of drug-likeness (QED) is 0.858. The van der Waals surface area contributed by atoms with Crippen LogP contribution in [0.1, 0.15) is 6.42 Å². The number of hydrogen-bond acceptors (Lipinski definition) is 4. The van der Waals surface area contributed by atoms with E-state index >= 15 is 0 Å². The van der Waals surface area contributed by atoms with E-state index in [2.05, 4.69) is 21.3 Å². The number of H-pyrrole nitrogens is 1. The van der Waals surface area contributed by atoms with E-state index in [0.717, 1.165) is 43.6 Å². The molecular weight excluding hydrogens is 266 g/mol. The van der Waals surface area contributed by atoms with Crippen LogP contribution in [-0.4, -0.2) is 46.7 Å². The number of aryl methyl sites for hydroxylation is 1. The van der Waals surface area contributed by atoms with Crippen molar-refractivity contribution < 1.29 is 0 Å². The maximum atomic E-state index is 12.0. The Kier molecular flexibility index (Phi) is 4.04. The van der Waals surface area contributed by atoms with Crippen molar-refractivity contribution in [2.24, 2.45) is 0 Å². The molecule has 0 spiro atoms. The first-order valence-electron chi connectivity index (χ1n) is 7.31. The van der Waals surface area contributed by atoms with Crippen LogP contribution in [0.4, 0.5) is 0 Å². The van der Waals surface area contributed by atoms with Gasteiger partial charge >= 0.3 is 5.69 Å². The second-order valence-electron chi connectivity index (χ2n) is 5.34. The van der Waals surface area contributed by atoms with Crippen LogP contribution in [-0.2, 0) is 6.54 Å². The summed E-state index contributed by atoms with van der Waals surface area (Å²) in [5, 5.41) is 12.4. The van der Waals surface area contributed by atoms with Crippen molar-refractivity contribution in [3.63, 3.8) is 0 Å². The standard InChI is InChI=1S/C15H19N5O/c16-10-12-11-17-6-9-19(12)7-3-8-20-14-5-2-1-4-13(14)18-15(20)21/h1-2,4-5,12,17H,3,6-9,11H2,(H,18,21). The van der Waals surface area contributed by atoms with Crippen LogP contribution in [0.5, 0.6) is 0 Å². The van der Waals surface area contributed by atoms with Gasteiger partial charge in [-0.25, -0.2) is 4.79 Å². The Labute approximate surface area is 123 Å². The zero-order chi connectivity index (χ0) is 14.7. The molecule has 1 aliphatic heterocycles. The Hall–Kier alpha value is -2.10. The lowest BCUT2D eigenvalue weighted by Gasteiger charge is -2.31. The van der Waals surface area contributed by atoms with Crippen LogP contribution < -0.4 is 11.0 Å². The number of nitrogens with zero attached hydrogens (tertiary/aromatic N) is 3. The van der Waals surface area contributed by atoms with Crippen molar-refractivity contribution in [3.05, 3.63) is 34.7 Å². The van der Waals surface area contributed by atoms with Crippen molar-refractivity contribution in [1.82, 2.24) is 19.8 Å². The number of rotatable bonds is 4. The van der Waals surface area contributed by atoms with Crippen molar-refractivity contribution in [2.75, 3.05) is 26.2 Å².